The summed E-state index contributed by atoms with van der Waals surface area (Å²) in [5.41, 5.74) is 1.78. The van der Waals surface area contributed by atoms with Gasteiger partial charge in [0.1, 0.15) is 6.20 Å². The second kappa shape index (κ2) is 4.28. The van der Waals surface area contributed by atoms with E-state index < -0.39 is 0 Å². The lowest BCUT2D eigenvalue weighted by molar-refractivity contribution is 0.994. The first-order valence-electron chi connectivity index (χ1n) is 5.98. The van der Waals surface area contributed by atoms with E-state index in [1.165, 1.54) is 0 Å². The summed E-state index contributed by atoms with van der Waals surface area (Å²) in [4.78, 5) is 17.1. The molecule has 0 bridgehead atoms. The van der Waals surface area contributed by atoms with Crippen LogP contribution in [-0.2, 0) is 6.42 Å². The molecule has 4 aromatic heterocycles. The Bertz CT molecular complexity index is 909. The molecule has 0 N–H and O–H groups in total. The summed E-state index contributed by atoms with van der Waals surface area (Å²) in [6.45, 7) is 0. The molecule has 4 rings (SSSR count). The predicted octanol–water partition coefficient (Wildman–Crippen LogP) is 1.82. The third-order valence-corrected chi connectivity index (χ3v) is 3.15. The van der Waals surface area contributed by atoms with Crippen LogP contribution in [0.25, 0.3) is 11.6 Å². The molecular weight excluding hydrogens is 276 g/mol. The molecule has 97 valence electrons. The first kappa shape index (κ1) is 11.4. The number of fused-ring (bicyclic) bond motifs is 2. The van der Waals surface area contributed by atoms with Crippen LogP contribution in [0, 0.1) is 6.20 Å². The van der Waals surface area contributed by atoms with E-state index in [1.807, 2.05) is 22.9 Å². The molecule has 0 aliphatic rings. The van der Waals surface area contributed by atoms with E-state index in [0.717, 1.165) is 11.4 Å². The van der Waals surface area contributed by atoms with E-state index in [4.69, 9.17) is 11.6 Å². The lowest BCUT2D eigenvalue weighted by Gasteiger charge is -1.98. The van der Waals surface area contributed by atoms with Crippen LogP contribution < -0.4 is 0 Å². The molecule has 0 atom stereocenters. The zero-order valence-corrected chi connectivity index (χ0v) is 11.0. The fourth-order valence-corrected chi connectivity index (χ4v) is 2.22. The maximum Gasteiger partial charge on any atom is 0.234 e. The Morgan fingerprint density at radius 1 is 1.10 bits per heavy atom. The van der Waals surface area contributed by atoms with Crippen molar-refractivity contribution in [3.8, 4) is 0 Å². The first-order valence-corrected chi connectivity index (χ1v) is 6.35. The maximum absolute atomic E-state index is 5.90. The number of hydrogen-bond donors (Lipinski definition) is 0. The maximum atomic E-state index is 5.90. The molecular formula is C13H8ClN6. The van der Waals surface area contributed by atoms with E-state index in [0.29, 0.717) is 23.0 Å². The van der Waals surface area contributed by atoms with Crippen molar-refractivity contribution in [1.29, 1.82) is 0 Å². The third-order valence-electron chi connectivity index (χ3n) is 2.95. The molecule has 0 saturated carbocycles. The van der Waals surface area contributed by atoms with Gasteiger partial charge >= 0.3 is 0 Å². The summed E-state index contributed by atoms with van der Waals surface area (Å²) >= 11 is 5.90. The minimum Gasteiger partial charge on any atom is -0.290 e. The summed E-state index contributed by atoms with van der Waals surface area (Å²) in [7, 11) is 0. The zero-order chi connectivity index (χ0) is 13.5. The Morgan fingerprint density at radius 3 is 2.95 bits per heavy atom. The van der Waals surface area contributed by atoms with E-state index >= 15 is 0 Å². The van der Waals surface area contributed by atoms with Crippen LogP contribution in [0.15, 0.2) is 37.1 Å². The Balaban J connectivity index is 1.72. The minimum atomic E-state index is 0.578. The van der Waals surface area contributed by atoms with Crippen molar-refractivity contribution in [3.05, 3.63) is 59.7 Å². The monoisotopic (exact) mass is 283 g/mol. The lowest BCUT2D eigenvalue weighted by atomic mass is 10.2. The minimum absolute atomic E-state index is 0.578. The highest BCUT2D eigenvalue weighted by Gasteiger charge is 2.06. The number of halogens is 1. The molecule has 0 aliphatic carbocycles. The Kier molecular flexibility index (Phi) is 2.43. The van der Waals surface area contributed by atoms with Crippen molar-refractivity contribution in [1.82, 2.24) is 28.7 Å². The number of aromatic nitrogens is 6. The molecule has 0 spiro atoms. The van der Waals surface area contributed by atoms with Gasteiger partial charge < -0.3 is 0 Å². The normalized spacial score (nSPS) is 11.4. The molecule has 1 radical (unpaired) electrons. The molecule has 4 heterocycles. The quantitative estimate of drug-likeness (QED) is 0.563. The van der Waals surface area contributed by atoms with E-state index in [1.54, 1.807) is 23.0 Å². The molecule has 0 fully saturated rings. The molecule has 20 heavy (non-hydrogen) atoms. The Hall–Kier alpha value is -2.47. The van der Waals surface area contributed by atoms with Gasteiger partial charge in [0, 0.05) is 31.2 Å². The van der Waals surface area contributed by atoms with Gasteiger partial charge in [0.25, 0.3) is 0 Å². The molecule has 0 aliphatic heterocycles. The average molecular weight is 284 g/mol. The zero-order valence-electron chi connectivity index (χ0n) is 10.2. The van der Waals surface area contributed by atoms with Crippen LogP contribution >= 0.6 is 11.6 Å². The van der Waals surface area contributed by atoms with Crippen molar-refractivity contribution < 1.29 is 0 Å². The van der Waals surface area contributed by atoms with Gasteiger partial charge in [-0.3, -0.25) is 8.80 Å². The fraction of sp³-hybridized carbons (Fsp3) is 0.0769. The van der Waals surface area contributed by atoms with Gasteiger partial charge in [0.2, 0.25) is 11.6 Å². The molecule has 0 amide bonds. The van der Waals surface area contributed by atoms with E-state index in [-0.39, 0.29) is 0 Å². The van der Waals surface area contributed by atoms with Crippen molar-refractivity contribution >= 4 is 23.2 Å². The smallest absolute Gasteiger partial charge is 0.234 e. The van der Waals surface area contributed by atoms with Gasteiger partial charge in [-0.05, 0) is 6.07 Å². The van der Waals surface area contributed by atoms with Gasteiger partial charge in [-0.25, -0.2) is 19.9 Å². The summed E-state index contributed by atoms with van der Waals surface area (Å²) < 4.78 is 3.62. The van der Waals surface area contributed by atoms with Crippen LogP contribution in [0.2, 0.25) is 5.02 Å². The van der Waals surface area contributed by atoms with E-state index in [9.17, 15) is 0 Å². The van der Waals surface area contributed by atoms with Crippen LogP contribution in [0.1, 0.15) is 11.4 Å². The Morgan fingerprint density at radius 2 is 2.00 bits per heavy atom. The van der Waals surface area contributed by atoms with Crippen molar-refractivity contribution in [3.63, 3.8) is 0 Å². The van der Waals surface area contributed by atoms with Crippen LogP contribution in [0.5, 0.6) is 0 Å². The predicted molar refractivity (Wildman–Crippen MR) is 72.6 cm³/mol. The molecule has 0 unspecified atom stereocenters. The first-order chi connectivity index (χ1) is 9.78. The van der Waals surface area contributed by atoms with Gasteiger partial charge in [0.05, 0.1) is 22.6 Å². The number of rotatable bonds is 2. The van der Waals surface area contributed by atoms with Gasteiger partial charge in [-0.2, -0.15) is 0 Å². The van der Waals surface area contributed by atoms with Crippen molar-refractivity contribution in [2.75, 3.05) is 0 Å². The topological polar surface area (TPSA) is 60.4 Å². The number of hydrogen-bond acceptors (Lipinski definition) is 4. The lowest BCUT2D eigenvalue weighted by Crippen LogP contribution is -1.96. The summed E-state index contributed by atoms with van der Waals surface area (Å²) in [5, 5.41) is 0.578. The van der Waals surface area contributed by atoms with Gasteiger partial charge in [-0.15, -0.1) is 0 Å². The molecule has 6 nitrogen and oxygen atoms in total. The standard InChI is InChI=1S/C13H8ClN6/c14-9-6-16-13-18-11(8-20(13)7-9)5-10-1-3-19-4-2-15-12(19)17-10/h1,3-4,6-8H,5H2. The molecule has 4 aromatic rings. The highest BCUT2D eigenvalue weighted by Crippen LogP contribution is 2.11. The number of nitrogens with zero attached hydrogens (tertiary/aromatic N) is 6. The van der Waals surface area contributed by atoms with E-state index in [2.05, 4.69) is 26.1 Å². The fourth-order valence-electron chi connectivity index (χ4n) is 2.07. The largest absolute Gasteiger partial charge is 0.290 e. The summed E-state index contributed by atoms with van der Waals surface area (Å²) in [6, 6.07) is 1.94. The van der Waals surface area contributed by atoms with Gasteiger partial charge in [0.15, 0.2) is 0 Å². The molecule has 0 saturated heterocycles. The number of imidazole rings is 2. The van der Waals surface area contributed by atoms with Crippen LogP contribution in [-0.4, -0.2) is 28.7 Å². The van der Waals surface area contributed by atoms with Crippen molar-refractivity contribution in [2.24, 2.45) is 0 Å². The third kappa shape index (κ3) is 1.90. The molecule has 7 heteroatoms. The SMILES string of the molecule is Clc1cnc2nc(Cc3ccn4c[c]nc4n3)cn2c1. The Labute approximate surface area is 118 Å². The summed E-state index contributed by atoms with van der Waals surface area (Å²) in [6.07, 6.45) is 12.3. The van der Waals surface area contributed by atoms with Crippen molar-refractivity contribution in [2.45, 2.75) is 6.42 Å². The van der Waals surface area contributed by atoms with Gasteiger partial charge in [-0.1, -0.05) is 11.6 Å². The highest BCUT2D eigenvalue weighted by atomic mass is 35.5. The second-order valence-electron chi connectivity index (χ2n) is 4.38. The molecule has 0 aromatic carbocycles. The highest BCUT2D eigenvalue weighted by molar-refractivity contribution is 6.30. The summed E-state index contributed by atoms with van der Waals surface area (Å²) in [5.74, 6) is 1.26. The average Bonchev–Trinajstić information content (AvgIpc) is 3.03. The second-order valence-corrected chi connectivity index (χ2v) is 4.82. The van der Waals surface area contributed by atoms with Crippen LogP contribution in [0.3, 0.4) is 0 Å². The van der Waals surface area contributed by atoms with Crippen LogP contribution in [0.4, 0.5) is 0 Å².